The molecule has 0 aliphatic carbocycles. The number of hydrogen-bond acceptors (Lipinski definition) is 4. The van der Waals surface area contributed by atoms with Crippen molar-refractivity contribution < 1.29 is 9.53 Å². The normalized spacial score (nSPS) is 10.1. The molecule has 0 N–H and O–H groups in total. The molecule has 5 heteroatoms. The molecule has 0 saturated heterocycles. The van der Waals surface area contributed by atoms with E-state index in [1.807, 2.05) is 12.1 Å². The third-order valence-electron chi connectivity index (χ3n) is 2.60. The van der Waals surface area contributed by atoms with Crippen LogP contribution in [0.4, 0.5) is 0 Å². The van der Waals surface area contributed by atoms with Crippen molar-refractivity contribution >= 4 is 6.29 Å². The monoisotopic (exact) mass is 244 g/mol. The Morgan fingerprint density at radius 3 is 2.50 bits per heavy atom. The Bertz CT molecular complexity index is 630. The van der Waals surface area contributed by atoms with Gasteiger partial charge in [0, 0.05) is 12.6 Å². The summed E-state index contributed by atoms with van der Waals surface area (Å²) >= 11 is 0. The van der Waals surface area contributed by atoms with Crippen molar-refractivity contribution in [3.63, 3.8) is 0 Å². The lowest BCUT2D eigenvalue weighted by Crippen LogP contribution is -2.23. The van der Waals surface area contributed by atoms with Gasteiger partial charge < -0.3 is 4.74 Å². The SMILES string of the molecule is COc1ccc(-c2cc(C=O)c(=O)n(C)n2)cc1. The zero-order valence-corrected chi connectivity index (χ0v) is 10.1. The van der Waals surface area contributed by atoms with Gasteiger partial charge in [0.1, 0.15) is 5.75 Å². The van der Waals surface area contributed by atoms with Gasteiger partial charge >= 0.3 is 0 Å². The topological polar surface area (TPSA) is 61.2 Å². The van der Waals surface area contributed by atoms with Crippen molar-refractivity contribution in [3.8, 4) is 17.0 Å². The Kier molecular flexibility index (Phi) is 3.23. The second-order valence-corrected chi connectivity index (χ2v) is 3.76. The van der Waals surface area contributed by atoms with Crippen molar-refractivity contribution in [2.24, 2.45) is 7.05 Å². The zero-order chi connectivity index (χ0) is 13.1. The molecule has 0 radical (unpaired) electrons. The molecule has 0 atom stereocenters. The number of aromatic nitrogens is 2. The summed E-state index contributed by atoms with van der Waals surface area (Å²) in [6.45, 7) is 0. The summed E-state index contributed by atoms with van der Waals surface area (Å²) in [5, 5.41) is 4.11. The van der Waals surface area contributed by atoms with Gasteiger partial charge in [-0.1, -0.05) is 0 Å². The number of ether oxygens (including phenoxy) is 1. The molecule has 5 nitrogen and oxygen atoms in total. The average molecular weight is 244 g/mol. The molecule has 0 bridgehead atoms. The number of rotatable bonds is 3. The Morgan fingerprint density at radius 2 is 1.94 bits per heavy atom. The van der Waals surface area contributed by atoms with E-state index in [4.69, 9.17) is 4.74 Å². The summed E-state index contributed by atoms with van der Waals surface area (Å²) in [4.78, 5) is 22.3. The highest BCUT2D eigenvalue weighted by Gasteiger charge is 2.07. The maximum Gasteiger partial charge on any atom is 0.277 e. The van der Waals surface area contributed by atoms with Crippen LogP contribution >= 0.6 is 0 Å². The summed E-state index contributed by atoms with van der Waals surface area (Å²) in [5.41, 5.74) is 1.08. The van der Waals surface area contributed by atoms with Crippen LogP contribution in [0.2, 0.25) is 0 Å². The Balaban J connectivity index is 2.53. The first kappa shape index (κ1) is 12.0. The van der Waals surface area contributed by atoms with Crippen molar-refractivity contribution in [1.82, 2.24) is 9.78 Å². The molecule has 92 valence electrons. The fourth-order valence-electron chi connectivity index (χ4n) is 1.62. The molecule has 0 amide bonds. The van der Waals surface area contributed by atoms with E-state index in [1.165, 1.54) is 13.1 Å². The van der Waals surface area contributed by atoms with Gasteiger partial charge in [-0.05, 0) is 30.3 Å². The lowest BCUT2D eigenvalue weighted by atomic mass is 10.1. The van der Waals surface area contributed by atoms with Crippen LogP contribution in [0.15, 0.2) is 35.1 Å². The predicted molar refractivity (Wildman–Crippen MR) is 66.9 cm³/mol. The minimum absolute atomic E-state index is 0.0957. The van der Waals surface area contributed by atoms with Crippen molar-refractivity contribution in [1.29, 1.82) is 0 Å². The highest BCUT2D eigenvalue weighted by Crippen LogP contribution is 2.19. The Hall–Kier alpha value is -2.43. The summed E-state index contributed by atoms with van der Waals surface area (Å²) in [6, 6.07) is 8.71. The number of carbonyl (C=O) groups is 1. The fraction of sp³-hybridized carbons (Fsp3) is 0.154. The van der Waals surface area contributed by atoms with Crippen LogP contribution in [-0.2, 0) is 7.05 Å². The van der Waals surface area contributed by atoms with E-state index in [0.717, 1.165) is 16.0 Å². The number of aryl methyl sites for hydroxylation is 1. The number of nitrogens with zero attached hydrogens (tertiary/aromatic N) is 2. The summed E-state index contributed by atoms with van der Waals surface area (Å²) in [7, 11) is 3.10. The van der Waals surface area contributed by atoms with Gasteiger partial charge in [-0.3, -0.25) is 9.59 Å². The lowest BCUT2D eigenvalue weighted by Gasteiger charge is -2.05. The second-order valence-electron chi connectivity index (χ2n) is 3.76. The number of benzene rings is 1. The minimum Gasteiger partial charge on any atom is -0.497 e. The smallest absolute Gasteiger partial charge is 0.277 e. The van der Waals surface area contributed by atoms with Gasteiger partial charge in [0.05, 0.1) is 18.4 Å². The second kappa shape index (κ2) is 4.83. The van der Waals surface area contributed by atoms with E-state index in [-0.39, 0.29) is 5.56 Å². The number of aldehydes is 1. The summed E-state index contributed by atoms with van der Waals surface area (Å²) in [6.07, 6.45) is 0.539. The average Bonchev–Trinajstić information content (AvgIpc) is 2.42. The molecule has 2 rings (SSSR count). The van der Waals surface area contributed by atoms with Crippen molar-refractivity contribution in [2.75, 3.05) is 7.11 Å². The van der Waals surface area contributed by atoms with Gasteiger partial charge in [-0.15, -0.1) is 0 Å². The molecular formula is C13H12N2O3. The van der Waals surface area contributed by atoms with Crippen LogP contribution in [0.5, 0.6) is 5.75 Å². The molecule has 0 unspecified atom stereocenters. The highest BCUT2D eigenvalue weighted by atomic mass is 16.5. The lowest BCUT2D eigenvalue weighted by molar-refractivity contribution is 0.112. The zero-order valence-electron chi connectivity index (χ0n) is 10.1. The minimum atomic E-state index is -0.401. The molecule has 0 aliphatic heterocycles. The third kappa shape index (κ3) is 2.15. The van der Waals surface area contributed by atoms with Gasteiger partial charge in [-0.2, -0.15) is 5.10 Å². The molecular weight excluding hydrogens is 232 g/mol. The van der Waals surface area contributed by atoms with Crippen LogP contribution in [0.25, 0.3) is 11.3 Å². The van der Waals surface area contributed by atoms with E-state index in [1.54, 1.807) is 19.2 Å². The first-order valence-electron chi connectivity index (χ1n) is 5.33. The standard InChI is InChI=1S/C13H12N2O3/c1-15-13(17)10(8-16)7-12(14-15)9-3-5-11(18-2)6-4-9/h3-8H,1-2H3. The Morgan fingerprint density at radius 1 is 1.28 bits per heavy atom. The van der Waals surface area contributed by atoms with Crippen molar-refractivity contribution in [2.45, 2.75) is 0 Å². The van der Waals surface area contributed by atoms with Crippen LogP contribution in [0.3, 0.4) is 0 Å². The third-order valence-corrected chi connectivity index (χ3v) is 2.60. The largest absolute Gasteiger partial charge is 0.497 e. The summed E-state index contributed by atoms with van der Waals surface area (Å²) < 4.78 is 6.22. The number of hydrogen-bond donors (Lipinski definition) is 0. The molecule has 1 heterocycles. The maximum absolute atomic E-state index is 11.5. The molecule has 1 aromatic heterocycles. The van der Waals surface area contributed by atoms with E-state index >= 15 is 0 Å². The first-order chi connectivity index (χ1) is 8.65. The maximum atomic E-state index is 11.5. The van der Waals surface area contributed by atoms with E-state index in [2.05, 4.69) is 5.10 Å². The molecule has 0 spiro atoms. The van der Waals surface area contributed by atoms with Crippen LogP contribution in [0, 0.1) is 0 Å². The number of carbonyl (C=O) groups excluding carboxylic acids is 1. The number of methoxy groups -OCH3 is 1. The van der Waals surface area contributed by atoms with E-state index < -0.39 is 5.56 Å². The van der Waals surface area contributed by atoms with E-state index in [0.29, 0.717) is 12.0 Å². The van der Waals surface area contributed by atoms with Crippen LogP contribution < -0.4 is 10.3 Å². The first-order valence-corrected chi connectivity index (χ1v) is 5.33. The summed E-state index contributed by atoms with van der Waals surface area (Å²) in [5.74, 6) is 0.735. The molecule has 1 aromatic carbocycles. The quantitative estimate of drug-likeness (QED) is 0.763. The van der Waals surface area contributed by atoms with Crippen LogP contribution in [0.1, 0.15) is 10.4 Å². The van der Waals surface area contributed by atoms with Gasteiger partial charge in [0.2, 0.25) is 0 Å². The van der Waals surface area contributed by atoms with Gasteiger partial charge in [0.15, 0.2) is 6.29 Å². The van der Waals surface area contributed by atoms with Gasteiger partial charge in [0.25, 0.3) is 5.56 Å². The highest BCUT2D eigenvalue weighted by molar-refractivity contribution is 5.76. The van der Waals surface area contributed by atoms with Crippen molar-refractivity contribution in [3.05, 3.63) is 46.2 Å². The van der Waals surface area contributed by atoms with Gasteiger partial charge in [-0.25, -0.2) is 4.68 Å². The van der Waals surface area contributed by atoms with E-state index in [9.17, 15) is 9.59 Å². The Labute approximate surface area is 104 Å². The fourth-order valence-corrected chi connectivity index (χ4v) is 1.62. The predicted octanol–water partition coefficient (Wildman–Crippen LogP) is 1.27. The molecule has 0 fully saturated rings. The molecule has 18 heavy (non-hydrogen) atoms. The molecule has 0 saturated carbocycles. The molecule has 0 aliphatic rings. The molecule has 2 aromatic rings. The van der Waals surface area contributed by atoms with Crippen LogP contribution in [-0.4, -0.2) is 23.2 Å².